The lowest BCUT2D eigenvalue weighted by Crippen LogP contribution is -2.63. The fourth-order valence-electron chi connectivity index (χ4n) is 11.4. The summed E-state index contributed by atoms with van der Waals surface area (Å²) in [6.45, 7) is 6.10. The molecular formula is C74H98N14O14S2. The molecule has 20 N–H and O–H groups in total. The van der Waals surface area contributed by atoms with Crippen LogP contribution in [0, 0.1) is 0 Å². The van der Waals surface area contributed by atoms with Gasteiger partial charge in [-0.3, -0.25) is 47.9 Å². The van der Waals surface area contributed by atoms with E-state index in [1.165, 1.54) is 13.8 Å². The van der Waals surface area contributed by atoms with Crippen LogP contribution in [0.15, 0.2) is 146 Å². The predicted octanol–water partition coefficient (Wildman–Crippen LogP) is 0.190. The number of aliphatic hydroxyl groups is 3. The highest BCUT2D eigenvalue weighted by Gasteiger charge is 2.38. The molecule has 7 rings (SSSR count). The number of hydrogen-bond donors (Lipinski definition) is 18. The maximum atomic E-state index is 15.5. The average molecular weight is 1470 g/mol. The van der Waals surface area contributed by atoms with Crippen molar-refractivity contribution < 1.29 is 68.4 Å². The number of nitrogens with two attached hydrogens (primary N) is 2. The van der Waals surface area contributed by atoms with Crippen molar-refractivity contribution >= 4 is 91.6 Å². The Labute approximate surface area is 612 Å². The number of hydrogen-bond acceptors (Lipinski definition) is 19. The van der Waals surface area contributed by atoms with Crippen molar-refractivity contribution in [3.05, 3.63) is 179 Å². The zero-order valence-electron chi connectivity index (χ0n) is 58.7. The molecule has 104 heavy (non-hydrogen) atoms. The van der Waals surface area contributed by atoms with Gasteiger partial charge in [-0.15, -0.1) is 0 Å². The van der Waals surface area contributed by atoms with Gasteiger partial charge in [0.25, 0.3) is 0 Å². The fraction of sp³-hybridized carbons (Fsp3) is 0.432. The van der Waals surface area contributed by atoms with Gasteiger partial charge in [-0.1, -0.05) is 169 Å². The molecule has 0 bridgehead atoms. The van der Waals surface area contributed by atoms with Gasteiger partial charge in [0.2, 0.25) is 53.2 Å². The van der Waals surface area contributed by atoms with Crippen LogP contribution >= 0.6 is 21.6 Å². The first kappa shape index (κ1) is 82.1. The summed E-state index contributed by atoms with van der Waals surface area (Å²) < 4.78 is 0. The number of aliphatic hydroxyl groups excluding tert-OH is 3. The molecule has 0 radical (unpaired) electrons. The minimum atomic E-state index is -1.84. The minimum absolute atomic E-state index is 0.0637. The number of aromatic nitrogens is 1. The van der Waals surface area contributed by atoms with Crippen molar-refractivity contribution in [3.8, 4) is 0 Å². The molecule has 1 aromatic heterocycles. The van der Waals surface area contributed by atoms with Gasteiger partial charge in [0.15, 0.2) is 0 Å². The molecule has 13 atom stereocenters. The quantitative estimate of drug-likeness (QED) is 0.0338. The summed E-state index contributed by atoms with van der Waals surface area (Å²) in [6, 6.07) is 24.3. The highest BCUT2D eigenvalue weighted by Crippen LogP contribution is 2.24. The first-order valence-electron chi connectivity index (χ1n) is 34.7. The van der Waals surface area contributed by atoms with Crippen LogP contribution in [0.5, 0.6) is 0 Å². The highest BCUT2D eigenvalue weighted by molar-refractivity contribution is 8.76. The van der Waals surface area contributed by atoms with Gasteiger partial charge in [-0.2, -0.15) is 0 Å². The predicted molar refractivity (Wildman–Crippen MR) is 398 cm³/mol. The smallest absolute Gasteiger partial charge is 0.321 e. The molecule has 5 aromatic carbocycles. The first-order chi connectivity index (χ1) is 49.9. The van der Waals surface area contributed by atoms with Gasteiger partial charge in [0.05, 0.1) is 30.9 Å². The van der Waals surface area contributed by atoms with E-state index in [9.17, 15) is 49.2 Å². The maximum absolute atomic E-state index is 15.5. The van der Waals surface area contributed by atoms with Crippen LogP contribution in [0.25, 0.3) is 10.9 Å². The van der Waals surface area contributed by atoms with Crippen LogP contribution in [0.1, 0.15) is 80.3 Å². The van der Waals surface area contributed by atoms with Crippen LogP contribution < -0.4 is 70.0 Å². The van der Waals surface area contributed by atoms with Gasteiger partial charge in [0.1, 0.15) is 54.4 Å². The van der Waals surface area contributed by atoms with Gasteiger partial charge in [0, 0.05) is 79.8 Å². The van der Waals surface area contributed by atoms with E-state index in [0.29, 0.717) is 58.1 Å². The molecule has 0 spiro atoms. The number of benzene rings is 5. The Balaban J connectivity index is 1.31. The van der Waals surface area contributed by atoms with Gasteiger partial charge >= 0.3 is 5.97 Å². The summed E-state index contributed by atoms with van der Waals surface area (Å²) in [7, 11) is 2.10. The number of fused-ring (bicyclic) bond motifs is 1. The number of carbonyl (C=O) groups is 10. The third-order valence-corrected chi connectivity index (χ3v) is 19.8. The second-order valence-corrected chi connectivity index (χ2v) is 28.7. The molecule has 6 aromatic rings. The van der Waals surface area contributed by atoms with E-state index in [1.807, 2.05) is 44.2 Å². The Bertz CT molecular complexity index is 3780. The van der Waals surface area contributed by atoms with Gasteiger partial charge in [-0.05, 0) is 79.1 Å². The molecule has 1 aliphatic heterocycles. The first-order valence-corrected chi connectivity index (χ1v) is 37.2. The van der Waals surface area contributed by atoms with Crippen LogP contribution in [0.2, 0.25) is 0 Å². The number of rotatable bonds is 21. The molecule has 30 heteroatoms. The van der Waals surface area contributed by atoms with E-state index < -0.39 is 144 Å². The van der Waals surface area contributed by atoms with E-state index in [1.54, 1.807) is 115 Å². The number of aromatic amines is 1. The normalized spacial score (nSPS) is 23.9. The molecule has 1 saturated heterocycles. The molecule has 2 heterocycles. The Kier molecular flexibility index (Phi) is 33.1. The number of H-pyrrole nitrogens is 1. The summed E-state index contributed by atoms with van der Waals surface area (Å²) in [5, 5.41) is 74.3. The standard InChI is InChI=1S/C74H98N14O14S2/c1-43(2)77-37-50-29-27-49(28-30-50)35-59-70(97)88-64(45(4)91)73(100)86-60(34-48-22-12-7-13-23-48)71(98)87-63(44(3)90)72(99)80-52(40-89)39-79-62(74(101)102)42-104-103-41-54(76)65(92)81-56(26-16-17-31-75)66(93)82-57(32-46-18-8-5-9-19-46)67(94)83-58(33-47-20-10-6-11-21-47)68(95)85-61(69(96)84-59)36-51-38-78-55-25-15-14-24-53(51)55/h5-15,18-25,27-30,38,43-45,52,54,56-64,77-79,89-91H,16-17,26,31-37,39-42,75-76H2,1-4H3,(H,80,99)(H,81,92)(H,82,93)(H,83,94)(H,84,96)(H,85,95)(H,86,100)(H,87,98)(H,88,97)(H,101,102). The minimum Gasteiger partial charge on any atom is -0.480 e. The SMILES string of the molecule is CC(C)NCc1ccc(CC2NC(=O)C(Cc3c[nH]c4ccccc34)NC(=O)C(Cc3ccccc3)NC(=O)C(Cc3ccccc3)NC(=O)C(CCCCN)NC(=O)C(N)CSSCC(C(=O)O)NCC(CO)NC(=O)C(C(C)O)NC(=O)C(Cc3ccccc3)NC(=O)C(C(C)O)NC2=O)cc1. The number of aliphatic carboxylic acids is 1. The third-order valence-electron chi connectivity index (χ3n) is 17.4. The molecule has 0 saturated carbocycles. The third kappa shape index (κ3) is 26.2. The van der Waals surface area contributed by atoms with Crippen molar-refractivity contribution in [2.24, 2.45) is 11.5 Å². The van der Waals surface area contributed by atoms with E-state index in [2.05, 4.69) is 63.5 Å². The average Bonchev–Trinajstić information content (AvgIpc) is 1.52. The lowest BCUT2D eigenvalue weighted by atomic mass is 9.99. The molecule has 1 aliphatic rings. The van der Waals surface area contributed by atoms with Gasteiger partial charge in [-0.25, -0.2) is 0 Å². The van der Waals surface area contributed by atoms with Crippen molar-refractivity contribution in [1.82, 2.24) is 63.5 Å². The topological polar surface area (TPSA) is 452 Å². The van der Waals surface area contributed by atoms with Crippen molar-refractivity contribution in [3.63, 3.8) is 0 Å². The maximum Gasteiger partial charge on any atom is 0.321 e. The monoisotopic (exact) mass is 1470 g/mol. The molecule has 13 unspecified atom stereocenters. The fourth-order valence-corrected chi connectivity index (χ4v) is 13.8. The molecule has 1 fully saturated rings. The van der Waals surface area contributed by atoms with Crippen molar-refractivity contribution in [2.75, 3.05) is 31.2 Å². The van der Waals surface area contributed by atoms with Gasteiger partial charge < -0.3 is 95.4 Å². The molecular weight excluding hydrogens is 1370 g/mol. The van der Waals surface area contributed by atoms with Crippen LogP contribution in [0.3, 0.4) is 0 Å². The largest absolute Gasteiger partial charge is 0.480 e. The van der Waals surface area contributed by atoms with Crippen molar-refractivity contribution in [1.29, 1.82) is 0 Å². The molecule has 0 aliphatic carbocycles. The second kappa shape index (κ2) is 41.9. The zero-order chi connectivity index (χ0) is 75.2. The number of carboxylic acids is 1. The Morgan fingerprint density at radius 1 is 0.490 bits per heavy atom. The van der Waals surface area contributed by atoms with Crippen LogP contribution in [-0.2, 0) is 86.6 Å². The number of carbonyl (C=O) groups excluding carboxylic acids is 9. The Hall–Kier alpha value is -9.24. The number of para-hydroxylation sites is 1. The molecule has 28 nitrogen and oxygen atoms in total. The van der Waals surface area contributed by atoms with Crippen molar-refractivity contribution in [2.45, 2.75) is 170 Å². The number of carboxylic acid groups (broad SMARTS) is 1. The molecule has 9 amide bonds. The molecule has 560 valence electrons. The number of nitrogens with one attached hydrogen (secondary N) is 12. The van der Waals surface area contributed by atoms with E-state index in [4.69, 9.17) is 11.5 Å². The number of amides is 9. The van der Waals surface area contributed by atoms with E-state index >= 15 is 19.2 Å². The lowest BCUT2D eigenvalue weighted by Gasteiger charge is -2.29. The van der Waals surface area contributed by atoms with Crippen LogP contribution in [0.4, 0.5) is 0 Å². The summed E-state index contributed by atoms with van der Waals surface area (Å²) in [5.41, 5.74) is 16.7. The Morgan fingerprint density at radius 3 is 1.36 bits per heavy atom. The second-order valence-electron chi connectivity index (χ2n) is 26.2. The Morgan fingerprint density at radius 2 is 0.894 bits per heavy atom. The van der Waals surface area contributed by atoms with E-state index in [-0.39, 0.29) is 69.2 Å². The summed E-state index contributed by atoms with van der Waals surface area (Å²) in [5.74, 6) is -9.69. The van der Waals surface area contributed by atoms with E-state index in [0.717, 1.165) is 27.2 Å². The summed E-state index contributed by atoms with van der Waals surface area (Å²) in [4.78, 5) is 149. The number of unbranched alkanes of at least 4 members (excludes halogenated alkanes) is 1. The summed E-state index contributed by atoms with van der Waals surface area (Å²) >= 11 is 0. The lowest BCUT2D eigenvalue weighted by molar-refractivity contribution is -0.139. The summed E-state index contributed by atoms with van der Waals surface area (Å²) in [6.07, 6.45) is -1.63. The van der Waals surface area contributed by atoms with Crippen LogP contribution in [-0.4, -0.2) is 200 Å². The highest BCUT2D eigenvalue weighted by atomic mass is 33.1. The zero-order valence-corrected chi connectivity index (χ0v) is 60.3.